The predicted octanol–water partition coefficient (Wildman–Crippen LogP) is 0.859. The van der Waals surface area contributed by atoms with Crippen LogP contribution in [0.4, 0.5) is 5.69 Å². The van der Waals surface area contributed by atoms with Crippen molar-refractivity contribution in [2.75, 3.05) is 5.73 Å². The van der Waals surface area contributed by atoms with Crippen LogP contribution in [0, 0.1) is 6.92 Å². The summed E-state index contributed by atoms with van der Waals surface area (Å²) in [4.78, 5) is 8.26. The molecule has 2 N–H and O–H groups in total. The second kappa shape index (κ2) is 2.20. The molecule has 0 radical (unpaired) electrons. The molecule has 4 nitrogen and oxygen atoms in total. The Hall–Kier alpha value is -1.58. The van der Waals surface area contributed by atoms with Crippen molar-refractivity contribution in [2.24, 2.45) is 7.05 Å². The molecule has 0 bridgehead atoms. The van der Waals surface area contributed by atoms with Crippen molar-refractivity contribution in [1.29, 1.82) is 0 Å². The molecule has 0 saturated heterocycles. The first-order valence-corrected chi connectivity index (χ1v) is 3.72. The number of nitrogens with zero attached hydrogens (tertiary/aromatic N) is 3. The smallest absolute Gasteiger partial charge is 0.109 e. The molecule has 0 aliphatic heterocycles. The highest BCUT2D eigenvalue weighted by Crippen LogP contribution is 2.18. The molecule has 0 aromatic carbocycles. The molecule has 0 atom stereocenters. The molecule has 0 fully saturated rings. The predicted molar refractivity (Wildman–Crippen MR) is 47.7 cm³/mol. The standard InChI is InChI=1S/C8H10N4/c1-5-11-7-4-10-3-6(9)8(7)12(5)2/h3-4H,9H2,1-2H3. The Labute approximate surface area is 70.0 Å². The van der Waals surface area contributed by atoms with Crippen LogP contribution in [0.25, 0.3) is 11.0 Å². The topological polar surface area (TPSA) is 56.7 Å². The maximum absolute atomic E-state index is 5.75. The molecular weight excluding hydrogens is 152 g/mol. The molecule has 4 heteroatoms. The summed E-state index contributed by atoms with van der Waals surface area (Å²) < 4.78 is 1.96. The van der Waals surface area contributed by atoms with Crippen molar-refractivity contribution in [3.8, 4) is 0 Å². The molecule has 0 aliphatic rings. The van der Waals surface area contributed by atoms with Crippen molar-refractivity contribution in [1.82, 2.24) is 14.5 Å². The molecule has 2 rings (SSSR count). The van der Waals surface area contributed by atoms with Crippen molar-refractivity contribution in [3.05, 3.63) is 18.2 Å². The first kappa shape index (κ1) is 7.09. The lowest BCUT2D eigenvalue weighted by Crippen LogP contribution is -1.95. The van der Waals surface area contributed by atoms with Crippen molar-refractivity contribution in [3.63, 3.8) is 0 Å². The normalized spacial score (nSPS) is 10.8. The van der Waals surface area contributed by atoms with Crippen molar-refractivity contribution >= 4 is 16.7 Å². The lowest BCUT2D eigenvalue weighted by molar-refractivity contribution is 0.886. The van der Waals surface area contributed by atoms with Crippen molar-refractivity contribution < 1.29 is 0 Å². The fourth-order valence-electron chi connectivity index (χ4n) is 1.32. The van der Waals surface area contributed by atoms with Gasteiger partial charge in [0, 0.05) is 7.05 Å². The van der Waals surface area contributed by atoms with E-state index in [0.717, 1.165) is 16.9 Å². The largest absolute Gasteiger partial charge is 0.396 e. The summed E-state index contributed by atoms with van der Waals surface area (Å²) in [6.45, 7) is 1.94. The minimum Gasteiger partial charge on any atom is -0.396 e. The maximum Gasteiger partial charge on any atom is 0.109 e. The van der Waals surface area contributed by atoms with Crippen molar-refractivity contribution in [2.45, 2.75) is 6.92 Å². The van der Waals surface area contributed by atoms with E-state index in [0.29, 0.717) is 5.69 Å². The highest BCUT2D eigenvalue weighted by Gasteiger charge is 2.05. The maximum atomic E-state index is 5.75. The number of anilines is 1. The average molecular weight is 162 g/mol. The van der Waals surface area contributed by atoms with Crippen LogP contribution in [0.1, 0.15) is 5.82 Å². The van der Waals surface area contributed by atoms with Gasteiger partial charge in [-0.1, -0.05) is 0 Å². The van der Waals surface area contributed by atoms with Gasteiger partial charge in [0.25, 0.3) is 0 Å². The van der Waals surface area contributed by atoms with Crippen LogP contribution >= 0.6 is 0 Å². The Balaban J connectivity index is 2.97. The summed E-state index contributed by atoms with van der Waals surface area (Å²) in [7, 11) is 1.95. The van der Waals surface area contributed by atoms with Gasteiger partial charge in [0.1, 0.15) is 11.3 Å². The van der Waals surface area contributed by atoms with Crippen LogP contribution in [0.3, 0.4) is 0 Å². The van der Waals surface area contributed by atoms with E-state index < -0.39 is 0 Å². The number of pyridine rings is 1. The summed E-state index contributed by atoms with van der Waals surface area (Å²) in [5.74, 6) is 0.949. The Morgan fingerprint density at radius 1 is 1.42 bits per heavy atom. The van der Waals surface area contributed by atoms with Crippen LogP contribution in [0.15, 0.2) is 12.4 Å². The number of fused-ring (bicyclic) bond motifs is 1. The minimum absolute atomic E-state index is 0.676. The Kier molecular flexibility index (Phi) is 1.30. The Morgan fingerprint density at radius 3 is 2.83 bits per heavy atom. The van der Waals surface area contributed by atoms with Gasteiger partial charge in [-0.15, -0.1) is 0 Å². The van der Waals surface area contributed by atoms with E-state index >= 15 is 0 Å². The third-order valence-electron chi connectivity index (χ3n) is 2.03. The van der Waals surface area contributed by atoms with Crippen LogP contribution in [-0.4, -0.2) is 14.5 Å². The number of hydrogen-bond acceptors (Lipinski definition) is 3. The summed E-state index contributed by atoms with van der Waals surface area (Å²) in [5.41, 5.74) is 8.24. The molecule has 12 heavy (non-hydrogen) atoms. The van der Waals surface area contributed by atoms with Gasteiger partial charge in [-0.3, -0.25) is 4.98 Å². The quantitative estimate of drug-likeness (QED) is 0.625. The zero-order valence-corrected chi connectivity index (χ0v) is 7.07. The molecule has 0 unspecified atom stereocenters. The van der Waals surface area contributed by atoms with E-state index in [-0.39, 0.29) is 0 Å². The van der Waals surface area contributed by atoms with E-state index in [1.165, 1.54) is 0 Å². The van der Waals surface area contributed by atoms with Crippen LogP contribution in [0.2, 0.25) is 0 Å². The fraction of sp³-hybridized carbons (Fsp3) is 0.250. The number of aryl methyl sites for hydroxylation is 2. The molecule has 2 aromatic rings. The molecule has 2 heterocycles. The molecule has 0 spiro atoms. The van der Waals surface area contributed by atoms with Gasteiger partial charge in [-0.25, -0.2) is 4.98 Å². The Bertz CT molecular complexity index is 430. The van der Waals surface area contributed by atoms with Gasteiger partial charge in [-0.05, 0) is 6.92 Å². The zero-order chi connectivity index (χ0) is 8.72. The summed E-state index contributed by atoms with van der Waals surface area (Å²) in [6, 6.07) is 0. The molecule has 0 aliphatic carbocycles. The van der Waals surface area contributed by atoms with Gasteiger partial charge in [-0.2, -0.15) is 0 Å². The summed E-state index contributed by atoms with van der Waals surface area (Å²) in [6.07, 6.45) is 3.36. The molecular formula is C8H10N4. The van der Waals surface area contributed by atoms with Gasteiger partial charge in [0.2, 0.25) is 0 Å². The molecule has 0 saturated carbocycles. The Morgan fingerprint density at radius 2 is 2.17 bits per heavy atom. The number of imidazole rings is 1. The number of nitrogens with two attached hydrogens (primary N) is 1. The van der Waals surface area contributed by atoms with Gasteiger partial charge >= 0.3 is 0 Å². The second-order valence-electron chi connectivity index (χ2n) is 2.81. The highest BCUT2D eigenvalue weighted by atomic mass is 15.1. The molecule has 62 valence electrons. The van der Waals surface area contributed by atoms with E-state index in [1.54, 1.807) is 12.4 Å². The first-order chi connectivity index (χ1) is 5.70. The monoisotopic (exact) mass is 162 g/mol. The van der Waals surface area contributed by atoms with E-state index in [2.05, 4.69) is 9.97 Å². The summed E-state index contributed by atoms with van der Waals surface area (Å²) in [5, 5.41) is 0. The number of hydrogen-bond donors (Lipinski definition) is 1. The SMILES string of the molecule is Cc1nc2cncc(N)c2n1C. The molecule has 2 aromatic heterocycles. The van der Waals surface area contributed by atoms with E-state index in [1.807, 2.05) is 18.5 Å². The van der Waals surface area contributed by atoms with Gasteiger partial charge in [0.15, 0.2) is 0 Å². The third-order valence-corrected chi connectivity index (χ3v) is 2.03. The van der Waals surface area contributed by atoms with Crippen LogP contribution in [-0.2, 0) is 7.05 Å². The minimum atomic E-state index is 0.676. The van der Waals surface area contributed by atoms with E-state index in [4.69, 9.17) is 5.73 Å². The van der Waals surface area contributed by atoms with E-state index in [9.17, 15) is 0 Å². The zero-order valence-electron chi connectivity index (χ0n) is 7.07. The van der Waals surface area contributed by atoms with Gasteiger partial charge in [0.05, 0.1) is 23.6 Å². The lowest BCUT2D eigenvalue weighted by Gasteiger charge is -1.98. The van der Waals surface area contributed by atoms with Crippen LogP contribution in [0.5, 0.6) is 0 Å². The highest BCUT2D eigenvalue weighted by molar-refractivity contribution is 5.86. The number of nitrogen functional groups attached to an aromatic ring is 1. The number of rotatable bonds is 0. The van der Waals surface area contributed by atoms with Crippen LogP contribution < -0.4 is 5.73 Å². The fourth-order valence-corrected chi connectivity index (χ4v) is 1.32. The second-order valence-corrected chi connectivity index (χ2v) is 2.81. The summed E-state index contributed by atoms with van der Waals surface area (Å²) >= 11 is 0. The lowest BCUT2D eigenvalue weighted by atomic mass is 10.3. The first-order valence-electron chi connectivity index (χ1n) is 3.72. The number of aromatic nitrogens is 3. The third kappa shape index (κ3) is 0.777. The average Bonchev–Trinajstić information content (AvgIpc) is 2.29. The molecule has 0 amide bonds. The van der Waals surface area contributed by atoms with Gasteiger partial charge < -0.3 is 10.3 Å².